The van der Waals surface area contributed by atoms with Gasteiger partial charge in [0.1, 0.15) is 5.65 Å². The average Bonchev–Trinajstić information content (AvgIpc) is 2.98. The topological polar surface area (TPSA) is 23.8 Å². The molecule has 3 heterocycles. The van der Waals surface area contributed by atoms with Gasteiger partial charge in [0.05, 0.1) is 11.6 Å². The van der Waals surface area contributed by atoms with Gasteiger partial charge in [-0.25, -0.2) is 4.98 Å². The molecule has 0 aliphatic carbocycles. The Hall–Kier alpha value is -1.26. The van der Waals surface area contributed by atoms with Gasteiger partial charge in [-0.3, -0.25) is 0 Å². The lowest BCUT2D eigenvalue weighted by Gasteiger charge is -2.22. The van der Waals surface area contributed by atoms with E-state index < -0.39 is 0 Å². The zero-order valence-electron chi connectivity index (χ0n) is 12.3. The lowest BCUT2D eigenvalue weighted by atomic mass is 10.1. The van der Waals surface area contributed by atoms with Crippen LogP contribution in [0, 0.1) is 5.92 Å². The predicted octanol–water partition coefficient (Wildman–Crippen LogP) is 2.46. The molecule has 4 nitrogen and oxygen atoms in total. The molecule has 2 unspecified atom stereocenters. The number of anilines is 1. The van der Waals surface area contributed by atoms with Gasteiger partial charge in [0.25, 0.3) is 0 Å². The summed E-state index contributed by atoms with van der Waals surface area (Å²) < 4.78 is 2.09. The first-order chi connectivity index (χ1) is 9.61. The zero-order valence-corrected chi connectivity index (χ0v) is 13.0. The van der Waals surface area contributed by atoms with Crippen molar-refractivity contribution in [3.05, 3.63) is 30.1 Å². The minimum Gasteiger partial charge on any atom is -0.353 e. The van der Waals surface area contributed by atoms with Crippen LogP contribution in [-0.2, 0) is 5.88 Å². The Bertz CT molecular complexity index is 607. The second-order valence-electron chi connectivity index (χ2n) is 5.86. The van der Waals surface area contributed by atoms with E-state index in [-0.39, 0.29) is 0 Å². The van der Waals surface area contributed by atoms with Crippen LogP contribution >= 0.6 is 11.6 Å². The maximum Gasteiger partial charge on any atom is 0.152 e. The van der Waals surface area contributed by atoms with E-state index in [0.717, 1.165) is 30.2 Å². The van der Waals surface area contributed by atoms with Crippen LogP contribution in [0.5, 0.6) is 0 Å². The number of hydrogen-bond donors (Lipinski definition) is 0. The van der Waals surface area contributed by atoms with Gasteiger partial charge in [-0.05, 0) is 32.1 Å². The first-order valence-electron chi connectivity index (χ1n) is 7.05. The van der Waals surface area contributed by atoms with E-state index in [1.165, 1.54) is 0 Å². The van der Waals surface area contributed by atoms with Gasteiger partial charge in [0.2, 0.25) is 0 Å². The number of aromatic nitrogens is 2. The number of fused-ring (bicyclic) bond motifs is 1. The second-order valence-corrected chi connectivity index (χ2v) is 6.13. The van der Waals surface area contributed by atoms with E-state index in [1.54, 1.807) is 0 Å². The summed E-state index contributed by atoms with van der Waals surface area (Å²) in [5.74, 6) is 2.17. The molecular formula is C15H21ClN4. The molecule has 0 aromatic carbocycles. The molecule has 108 valence electrons. The monoisotopic (exact) mass is 292 g/mol. The molecule has 0 bridgehead atoms. The Morgan fingerprint density at radius 1 is 1.35 bits per heavy atom. The summed E-state index contributed by atoms with van der Waals surface area (Å²) in [5, 5.41) is 0. The Kier molecular flexibility index (Phi) is 3.61. The highest BCUT2D eigenvalue weighted by Crippen LogP contribution is 2.29. The number of alkyl halides is 1. The van der Waals surface area contributed by atoms with E-state index >= 15 is 0 Å². The van der Waals surface area contributed by atoms with Crippen molar-refractivity contribution in [3.8, 4) is 0 Å². The van der Waals surface area contributed by atoms with Crippen molar-refractivity contribution in [2.24, 2.45) is 5.92 Å². The standard InChI is InChI=1S/C15H21ClN4/c1-11-9-19(10-13(11)18(2)3)15-12(8-16)20-7-5-4-6-14(20)17-15/h4-7,11,13H,8-10H2,1-3H3. The van der Waals surface area contributed by atoms with Gasteiger partial charge in [0.15, 0.2) is 5.82 Å². The summed E-state index contributed by atoms with van der Waals surface area (Å²) in [5.41, 5.74) is 2.06. The number of halogens is 1. The van der Waals surface area contributed by atoms with Crippen molar-refractivity contribution in [1.29, 1.82) is 0 Å². The summed E-state index contributed by atoms with van der Waals surface area (Å²) >= 11 is 6.17. The molecule has 0 amide bonds. The Morgan fingerprint density at radius 3 is 2.80 bits per heavy atom. The second kappa shape index (κ2) is 5.26. The molecule has 1 aliphatic heterocycles. The first kappa shape index (κ1) is 13.7. The highest BCUT2D eigenvalue weighted by atomic mass is 35.5. The zero-order chi connectivity index (χ0) is 14.3. The third-order valence-electron chi connectivity index (χ3n) is 4.27. The number of rotatable bonds is 3. The summed E-state index contributed by atoms with van der Waals surface area (Å²) in [7, 11) is 4.30. The van der Waals surface area contributed by atoms with Crippen molar-refractivity contribution in [2.75, 3.05) is 32.1 Å². The van der Waals surface area contributed by atoms with Crippen LogP contribution in [0.4, 0.5) is 5.82 Å². The van der Waals surface area contributed by atoms with Crippen molar-refractivity contribution in [1.82, 2.24) is 14.3 Å². The minimum atomic E-state index is 0.484. The fourth-order valence-electron chi connectivity index (χ4n) is 3.21. The van der Waals surface area contributed by atoms with E-state index in [2.05, 4.69) is 35.2 Å². The number of pyridine rings is 1. The smallest absolute Gasteiger partial charge is 0.152 e. The van der Waals surface area contributed by atoms with E-state index in [9.17, 15) is 0 Å². The van der Waals surface area contributed by atoms with Gasteiger partial charge < -0.3 is 14.2 Å². The SMILES string of the molecule is CC1CN(c2nc3ccccn3c2CCl)CC1N(C)C. The maximum absolute atomic E-state index is 6.17. The predicted molar refractivity (Wildman–Crippen MR) is 83.6 cm³/mol. The number of imidazole rings is 1. The van der Waals surface area contributed by atoms with Crippen LogP contribution in [0.1, 0.15) is 12.6 Å². The lowest BCUT2D eigenvalue weighted by Crippen LogP contribution is -2.34. The highest BCUT2D eigenvalue weighted by molar-refractivity contribution is 6.17. The van der Waals surface area contributed by atoms with Crippen molar-refractivity contribution < 1.29 is 0 Å². The average molecular weight is 293 g/mol. The molecule has 1 aliphatic rings. The molecule has 2 aromatic heterocycles. The van der Waals surface area contributed by atoms with E-state index in [1.807, 2.05) is 24.4 Å². The molecule has 3 rings (SSSR count). The third-order valence-corrected chi connectivity index (χ3v) is 4.52. The Labute approximate surface area is 125 Å². The van der Waals surface area contributed by atoms with Gasteiger partial charge in [-0.2, -0.15) is 0 Å². The molecule has 0 radical (unpaired) electrons. The number of hydrogen-bond acceptors (Lipinski definition) is 3. The van der Waals surface area contributed by atoms with E-state index in [4.69, 9.17) is 16.6 Å². The summed E-state index contributed by atoms with van der Waals surface area (Å²) in [6, 6.07) is 6.63. The van der Waals surface area contributed by atoms with Gasteiger partial charge >= 0.3 is 0 Å². The fraction of sp³-hybridized carbons (Fsp3) is 0.533. The normalized spacial score (nSPS) is 23.1. The van der Waals surface area contributed by atoms with E-state index in [0.29, 0.717) is 17.8 Å². The maximum atomic E-state index is 6.17. The lowest BCUT2D eigenvalue weighted by molar-refractivity contribution is 0.266. The Balaban J connectivity index is 1.99. The van der Waals surface area contributed by atoms with Crippen LogP contribution in [-0.4, -0.2) is 47.5 Å². The minimum absolute atomic E-state index is 0.484. The summed E-state index contributed by atoms with van der Waals surface area (Å²) in [6.45, 7) is 4.36. The number of likely N-dealkylation sites (N-methyl/N-ethyl adjacent to an activating group) is 1. The van der Waals surface area contributed by atoms with Crippen LogP contribution in [0.2, 0.25) is 0 Å². The van der Waals surface area contributed by atoms with Crippen LogP contribution in [0.3, 0.4) is 0 Å². The molecular weight excluding hydrogens is 272 g/mol. The quantitative estimate of drug-likeness (QED) is 0.812. The molecule has 5 heteroatoms. The van der Waals surface area contributed by atoms with Gasteiger partial charge in [-0.15, -0.1) is 11.6 Å². The Morgan fingerprint density at radius 2 is 2.15 bits per heavy atom. The van der Waals surface area contributed by atoms with Crippen molar-refractivity contribution in [2.45, 2.75) is 18.8 Å². The molecule has 0 N–H and O–H groups in total. The highest BCUT2D eigenvalue weighted by Gasteiger charge is 2.33. The molecule has 2 atom stereocenters. The van der Waals surface area contributed by atoms with Crippen LogP contribution < -0.4 is 4.90 Å². The van der Waals surface area contributed by atoms with Crippen LogP contribution in [0.15, 0.2) is 24.4 Å². The molecule has 1 fully saturated rings. The molecule has 0 spiro atoms. The van der Waals surface area contributed by atoms with Crippen molar-refractivity contribution in [3.63, 3.8) is 0 Å². The van der Waals surface area contributed by atoms with Gasteiger partial charge in [0, 0.05) is 25.3 Å². The summed E-state index contributed by atoms with van der Waals surface area (Å²) in [6.07, 6.45) is 2.03. The molecule has 1 saturated heterocycles. The van der Waals surface area contributed by atoms with Crippen LogP contribution in [0.25, 0.3) is 5.65 Å². The van der Waals surface area contributed by atoms with Crippen molar-refractivity contribution >= 4 is 23.1 Å². The molecule has 0 saturated carbocycles. The third kappa shape index (κ3) is 2.17. The summed E-state index contributed by atoms with van der Waals surface area (Å²) in [4.78, 5) is 9.46. The van der Waals surface area contributed by atoms with Gasteiger partial charge in [-0.1, -0.05) is 13.0 Å². The molecule has 20 heavy (non-hydrogen) atoms. The first-order valence-corrected chi connectivity index (χ1v) is 7.58. The fourth-order valence-corrected chi connectivity index (χ4v) is 3.45. The number of nitrogens with zero attached hydrogens (tertiary/aromatic N) is 4. The molecule has 2 aromatic rings. The largest absolute Gasteiger partial charge is 0.353 e.